The summed E-state index contributed by atoms with van der Waals surface area (Å²) in [4.78, 5) is 21.0. The van der Waals surface area contributed by atoms with Gasteiger partial charge in [0.05, 0.1) is 5.52 Å². The highest BCUT2D eigenvalue weighted by Gasteiger charge is 2.31. The van der Waals surface area contributed by atoms with Gasteiger partial charge in [0.25, 0.3) is 0 Å². The second kappa shape index (κ2) is 7.51. The van der Waals surface area contributed by atoms with Crippen LogP contribution in [0.1, 0.15) is 67.2 Å². The molecule has 5 rings (SSSR count). The summed E-state index contributed by atoms with van der Waals surface area (Å²) >= 11 is 0. The van der Waals surface area contributed by atoms with Crippen LogP contribution in [0, 0.1) is 5.82 Å². The first kappa shape index (κ1) is 20.3. The summed E-state index contributed by atoms with van der Waals surface area (Å²) in [6, 6.07) is 7.26. The Morgan fingerprint density at radius 2 is 2.09 bits per heavy atom. The van der Waals surface area contributed by atoms with Crippen molar-refractivity contribution in [3.05, 3.63) is 65.4 Å². The number of nitrogens with one attached hydrogen (secondary N) is 1. The van der Waals surface area contributed by atoms with Gasteiger partial charge in [-0.15, -0.1) is 0 Å². The zero-order valence-corrected chi connectivity index (χ0v) is 18.1. The number of hydrogen-bond donors (Lipinski definition) is 1. The van der Waals surface area contributed by atoms with Crippen LogP contribution in [-0.2, 0) is 12.0 Å². The SMILES string of the molecule is CC(C)(C)c1noc(C(=O)NCc2ccc(-c3ncnn4cccc34)c(F)c2C2CC2)n1. The Labute approximate surface area is 183 Å². The molecule has 0 bridgehead atoms. The monoisotopic (exact) mass is 434 g/mol. The van der Waals surface area contributed by atoms with Gasteiger partial charge in [-0.05, 0) is 48.1 Å². The van der Waals surface area contributed by atoms with E-state index in [0.717, 1.165) is 23.9 Å². The molecule has 0 aliphatic heterocycles. The topological polar surface area (TPSA) is 98.2 Å². The zero-order chi connectivity index (χ0) is 22.5. The molecule has 1 fully saturated rings. The number of amides is 1. The van der Waals surface area contributed by atoms with Gasteiger partial charge in [-0.3, -0.25) is 4.79 Å². The molecule has 0 saturated heterocycles. The van der Waals surface area contributed by atoms with Crippen LogP contribution >= 0.6 is 0 Å². The van der Waals surface area contributed by atoms with E-state index in [-0.39, 0.29) is 29.6 Å². The first-order valence-corrected chi connectivity index (χ1v) is 10.6. The summed E-state index contributed by atoms with van der Waals surface area (Å²) in [5.41, 5.74) is 2.75. The van der Waals surface area contributed by atoms with Crippen LogP contribution < -0.4 is 5.32 Å². The van der Waals surface area contributed by atoms with E-state index in [1.165, 1.54) is 6.33 Å². The maximum Gasteiger partial charge on any atom is 0.315 e. The Morgan fingerprint density at radius 1 is 1.28 bits per heavy atom. The third-order valence-corrected chi connectivity index (χ3v) is 5.57. The van der Waals surface area contributed by atoms with Crippen molar-refractivity contribution in [3.63, 3.8) is 0 Å². The van der Waals surface area contributed by atoms with E-state index in [2.05, 4.69) is 25.5 Å². The lowest BCUT2D eigenvalue weighted by atomic mass is 9.96. The number of carbonyl (C=O) groups is 1. The Bertz CT molecular complexity index is 1320. The van der Waals surface area contributed by atoms with Gasteiger partial charge < -0.3 is 9.84 Å². The minimum Gasteiger partial charge on any atom is -0.344 e. The molecule has 1 N–H and O–H groups in total. The Morgan fingerprint density at radius 3 is 2.81 bits per heavy atom. The van der Waals surface area contributed by atoms with Gasteiger partial charge in [-0.2, -0.15) is 10.1 Å². The van der Waals surface area contributed by atoms with E-state index < -0.39 is 5.91 Å². The average Bonchev–Trinajstić information content (AvgIpc) is 3.25. The van der Waals surface area contributed by atoms with E-state index in [0.29, 0.717) is 22.6 Å². The molecule has 4 aromatic rings. The summed E-state index contributed by atoms with van der Waals surface area (Å²) in [7, 11) is 0. The number of rotatable bonds is 5. The molecule has 1 aliphatic carbocycles. The molecule has 0 radical (unpaired) electrons. The van der Waals surface area contributed by atoms with Crippen LogP contribution in [0.25, 0.3) is 16.8 Å². The van der Waals surface area contributed by atoms with Crippen molar-refractivity contribution in [2.45, 2.75) is 51.5 Å². The van der Waals surface area contributed by atoms with E-state index >= 15 is 4.39 Å². The highest BCUT2D eigenvalue weighted by atomic mass is 19.1. The van der Waals surface area contributed by atoms with Gasteiger partial charge in [-0.25, -0.2) is 13.9 Å². The van der Waals surface area contributed by atoms with Crippen molar-refractivity contribution in [3.8, 4) is 11.3 Å². The molecule has 1 aliphatic rings. The third kappa shape index (κ3) is 3.63. The molecule has 0 spiro atoms. The standard InChI is InChI=1S/C23H23FN6O2/c1-23(2,3)22-28-21(32-29-22)20(31)25-11-14-8-9-15(18(24)17(14)13-6-7-13)19-16-5-4-10-30(16)27-12-26-19/h4-5,8-10,12-13H,6-7,11H2,1-3H3,(H,25,31). The lowest BCUT2D eigenvalue weighted by Gasteiger charge is -2.14. The van der Waals surface area contributed by atoms with Crippen LogP contribution in [0.15, 0.2) is 41.3 Å². The predicted molar refractivity (Wildman–Crippen MR) is 115 cm³/mol. The van der Waals surface area contributed by atoms with Gasteiger partial charge in [-0.1, -0.05) is 32.0 Å². The Balaban J connectivity index is 1.43. The summed E-state index contributed by atoms with van der Waals surface area (Å²) in [6.45, 7) is 5.97. The number of benzene rings is 1. The summed E-state index contributed by atoms with van der Waals surface area (Å²) < 4.78 is 22.5. The molecule has 1 aromatic carbocycles. The summed E-state index contributed by atoms with van der Waals surface area (Å²) in [6.07, 6.45) is 5.06. The summed E-state index contributed by atoms with van der Waals surface area (Å²) in [5.74, 6) is -0.281. The van der Waals surface area contributed by atoms with E-state index in [9.17, 15) is 4.79 Å². The third-order valence-electron chi connectivity index (χ3n) is 5.57. The molecule has 0 unspecified atom stereocenters. The normalized spacial score (nSPS) is 14.1. The van der Waals surface area contributed by atoms with Crippen molar-refractivity contribution in [2.75, 3.05) is 0 Å². The molecule has 164 valence electrons. The fraction of sp³-hybridized carbons (Fsp3) is 0.348. The second-order valence-corrected chi connectivity index (χ2v) is 9.08. The molecular weight excluding hydrogens is 411 g/mol. The Hall–Kier alpha value is -3.62. The lowest BCUT2D eigenvalue weighted by Crippen LogP contribution is -2.24. The number of hydrogen-bond acceptors (Lipinski definition) is 6. The maximum atomic E-state index is 15.7. The van der Waals surface area contributed by atoms with Crippen molar-refractivity contribution < 1.29 is 13.7 Å². The van der Waals surface area contributed by atoms with Crippen molar-refractivity contribution in [1.29, 1.82) is 0 Å². The molecule has 3 heterocycles. The largest absolute Gasteiger partial charge is 0.344 e. The lowest BCUT2D eigenvalue weighted by molar-refractivity contribution is 0.0906. The van der Waals surface area contributed by atoms with Gasteiger partial charge in [0.1, 0.15) is 17.8 Å². The van der Waals surface area contributed by atoms with E-state index in [4.69, 9.17) is 4.52 Å². The van der Waals surface area contributed by atoms with Crippen LogP contribution in [0.3, 0.4) is 0 Å². The number of carbonyl (C=O) groups excluding carboxylic acids is 1. The summed E-state index contributed by atoms with van der Waals surface area (Å²) in [5, 5.41) is 10.8. The fourth-order valence-electron chi connectivity index (χ4n) is 3.73. The van der Waals surface area contributed by atoms with Crippen molar-refractivity contribution in [1.82, 2.24) is 30.1 Å². The van der Waals surface area contributed by atoms with Gasteiger partial charge in [0.2, 0.25) is 0 Å². The second-order valence-electron chi connectivity index (χ2n) is 9.08. The molecule has 3 aromatic heterocycles. The van der Waals surface area contributed by atoms with E-state index in [1.54, 1.807) is 16.8 Å². The highest BCUT2D eigenvalue weighted by Crippen LogP contribution is 2.45. The van der Waals surface area contributed by atoms with Gasteiger partial charge in [0.15, 0.2) is 5.82 Å². The molecule has 32 heavy (non-hydrogen) atoms. The molecule has 0 atom stereocenters. The quantitative estimate of drug-likeness (QED) is 0.509. The first-order valence-electron chi connectivity index (χ1n) is 10.6. The fourth-order valence-corrected chi connectivity index (χ4v) is 3.73. The minimum atomic E-state index is -0.482. The number of halogens is 1. The number of aromatic nitrogens is 5. The number of fused-ring (bicyclic) bond motifs is 1. The van der Waals surface area contributed by atoms with Crippen LogP contribution in [0.2, 0.25) is 0 Å². The minimum absolute atomic E-state index is 0.100. The smallest absolute Gasteiger partial charge is 0.315 e. The molecule has 9 heteroatoms. The first-order chi connectivity index (χ1) is 15.3. The van der Waals surface area contributed by atoms with Crippen molar-refractivity contribution in [2.24, 2.45) is 0 Å². The van der Waals surface area contributed by atoms with Crippen LogP contribution in [-0.4, -0.2) is 30.6 Å². The van der Waals surface area contributed by atoms with Gasteiger partial charge in [0, 0.05) is 23.7 Å². The molecule has 8 nitrogen and oxygen atoms in total. The molecule has 1 saturated carbocycles. The van der Waals surface area contributed by atoms with Crippen LogP contribution in [0.4, 0.5) is 4.39 Å². The number of nitrogens with zero attached hydrogens (tertiary/aromatic N) is 5. The predicted octanol–water partition coefficient (Wildman–Crippen LogP) is 4.02. The van der Waals surface area contributed by atoms with Gasteiger partial charge >= 0.3 is 11.8 Å². The molecule has 1 amide bonds. The zero-order valence-electron chi connectivity index (χ0n) is 18.1. The average molecular weight is 434 g/mol. The van der Waals surface area contributed by atoms with Crippen molar-refractivity contribution >= 4 is 11.4 Å². The van der Waals surface area contributed by atoms with Crippen LogP contribution in [0.5, 0.6) is 0 Å². The molecular formula is C23H23FN6O2. The van der Waals surface area contributed by atoms with E-state index in [1.807, 2.05) is 39.0 Å². The Kier molecular flexibility index (Phi) is 4.76. The maximum absolute atomic E-state index is 15.7. The highest BCUT2D eigenvalue weighted by molar-refractivity contribution is 5.89.